The van der Waals surface area contributed by atoms with E-state index in [1.165, 1.54) is 0 Å². The molecule has 0 unspecified atom stereocenters. The molecule has 20 heavy (non-hydrogen) atoms. The van der Waals surface area contributed by atoms with Crippen LogP contribution >= 0.6 is 0 Å². The number of hydrogen-bond acceptors (Lipinski definition) is 4. The van der Waals surface area contributed by atoms with E-state index in [9.17, 15) is 9.90 Å². The number of nitrogens with one attached hydrogen (secondary N) is 1. The molecule has 0 aliphatic heterocycles. The van der Waals surface area contributed by atoms with Crippen LogP contribution in [0.3, 0.4) is 0 Å². The van der Waals surface area contributed by atoms with Gasteiger partial charge < -0.3 is 21.3 Å². The van der Waals surface area contributed by atoms with Gasteiger partial charge in [-0.1, -0.05) is 0 Å². The van der Waals surface area contributed by atoms with Gasteiger partial charge in [0.25, 0.3) is 0 Å². The molecule has 0 atom stereocenters. The van der Waals surface area contributed by atoms with E-state index in [1.54, 1.807) is 6.07 Å². The van der Waals surface area contributed by atoms with E-state index >= 15 is 0 Å². The van der Waals surface area contributed by atoms with Crippen LogP contribution in [0.5, 0.6) is 0 Å². The monoisotopic (exact) mass is 278 g/mol. The van der Waals surface area contributed by atoms with E-state index in [2.05, 4.69) is 5.32 Å². The molecule has 0 aromatic heterocycles. The van der Waals surface area contributed by atoms with Gasteiger partial charge in [-0.15, -0.1) is 0 Å². The van der Waals surface area contributed by atoms with Crippen LogP contribution in [0.15, 0.2) is 12.1 Å². The van der Waals surface area contributed by atoms with Crippen molar-refractivity contribution in [3.8, 4) is 0 Å². The van der Waals surface area contributed by atoms with Gasteiger partial charge in [-0.25, -0.2) is 4.79 Å². The maximum absolute atomic E-state index is 11.1. The second kappa shape index (κ2) is 6.13. The minimum absolute atomic E-state index is 0.145. The SMILES string of the molecule is Cc1cc(NCC2CCC(O)CC2)cc(C(=O)O)c1N. The number of hydrogen-bond donors (Lipinski definition) is 4. The fraction of sp³-hybridized carbons (Fsp3) is 0.533. The van der Waals surface area contributed by atoms with Crippen molar-refractivity contribution in [2.75, 3.05) is 17.6 Å². The number of benzene rings is 1. The van der Waals surface area contributed by atoms with Crippen LogP contribution in [0.4, 0.5) is 11.4 Å². The average molecular weight is 278 g/mol. The summed E-state index contributed by atoms with van der Waals surface area (Å²) in [7, 11) is 0. The third kappa shape index (κ3) is 3.42. The van der Waals surface area contributed by atoms with Gasteiger partial charge in [0.2, 0.25) is 0 Å². The molecule has 110 valence electrons. The summed E-state index contributed by atoms with van der Waals surface area (Å²) in [6, 6.07) is 3.46. The summed E-state index contributed by atoms with van der Waals surface area (Å²) < 4.78 is 0. The molecule has 5 nitrogen and oxygen atoms in total. The number of carboxylic acid groups (broad SMARTS) is 1. The predicted molar refractivity (Wildman–Crippen MR) is 79.0 cm³/mol. The normalized spacial score (nSPS) is 22.5. The second-order valence-electron chi connectivity index (χ2n) is 5.61. The van der Waals surface area contributed by atoms with Crippen LogP contribution in [-0.2, 0) is 0 Å². The molecule has 0 radical (unpaired) electrons. The highest BCUT2D eigenvalue weighted by Crippen LogP contribution is 2.26. The number of rotatable bonds is 4. The Balaban J connectivity index is 2.01. The predicted octanol–water partition coefficient (Wildman–Crippen LogP) is 2.24. The molecule has 1 saturated carbocycles. The van der Waals surface area contributed by atoms with Gasteiger partial charge in [0.15, 0.2) is 0 Å². The van der Waals surface area contributed by atoms with E-state index in [4.69, 9.17) is 10.8 Å². The number of aliphatic hydroxyl groups is 1. The third-order valence-corrected chi connectivity index (χ3v) is 4.03. The van der Waals surface area contributed by atoms with Crippen molar-refractivity contribution in [3.05, 3.63) is 23.3 Å². The van der Waals surface area contributed by atoms with E-state index in [0.717, 1.165) is 43.5 Å². The molecule has 0 heterocycles. The quantitative estimate of drug-likeness (QED) is 0.633. The fourth-order valence-corrected chi connectivity index (χ4v) is 2.69. The van der Waals surface area contributed by atoms with Gasteiger partial charge >= 0.3 is 5.97 Å². The van der Waals surface area contributed by atoms with Crippen molar-refractivity contribution < 1.29 is 15.0 Å². The van der Waals surface area contributed by atoms with E-state index in [0.29, 0.717) is 11.6 Å². The molecular formula is C15H22N2O3. The lowest BCUT2D eigenvalue weighted by molar-refractivity contribution is 0.0698. The Morgan fingerprint density at radius 3 is 2.60 bits per heavy atom. The highest BCUT2D eigenvalue weighted by Gasteiger charge is 2.19. The highest BCUT2D eigenvalue weighted by molar-refractivity contribution is 5.95. The lowest BCUT2D eigenvalue weighted by Gasteiger charge is -2.26. The zero-order valence-electron chi connectivity index (χ0n) is 11.7. The summed E-state index contributed by atoms with van der Waals surface area (Å²) in [5.74, 6) is -0.473. The minimum atomic E-state index is -1.00. The first-order chi connectivity index (χ1) is 9.47. The summed E-state index contributed by atoms with van der Waals surface area (Å²) in [5, 5.41) is 21.9. The van der Waals surface area contributed by atoms with Crippen LogP contribution in [0, 0.1) is 12.8 Å². The van der Waals surface area contributed by atoms with Gasteiger partial charge in [0, 0.05) is 17.9 Å². The van der Waals surface area contributed by atoms with Crippen molar-refractivity contribution in [1.82, 2.24) is 0 Å². The lowest BCUT2D eigenvalue weighted by Crippen LogP contribution is -2.23. The van der Waals surface area contributed by atoms with Crippen LogP contribution in [0.25, 0.3) is 0 Å². The Morgan fingerprint density at radius 1 is 1.35 bits per heavy atom. The number of nitrogen functional groups attached to an aromatic ring is 1. The molecule has 5 N–H and O–H groups in total. The van der Waals surface area contributed by atoms with Crippen molar-refractivity contribution in [1.29, 1.82) is 0 Å². The van der Waals surface area contributed by atoms with Crippen LogP contribution in [0.2, 0.25) is 0 Å². The second-order valence-corrected chi connectivity index (χ2v) is 5.61. The molecule has 1 aliphatic carbocycles. The molecule has 1 fully saturated rings. The standard InChI is InChI=1S/C15H22N2O3/c1-9-6-11(7-13(14(9)16)15(19)20)17-8-10-2-4-12(18)5-3-10/h6-7,10,12,17-18H,2-5,8,16H2,1H3,(H,19,20). The van der Waals surface area contributed by atoms with E-state index in [1.807, 2.05) is 13.0 Å². The maximum Gasteiger partial charge on any atom is 0.337 e. The number of anilines is 2. The Hall–Kier alpha value is -1.75. The molecule has 2 rings (SSSR count). The Morgan fingerprint density at radius 2 is 2.00 bits per heavy atom. The molecule has 1 aromatic carbocycles. The number of aliphatic hydroxyl groups excluding tert-OH is 1. The third-order valence-electron chi connectivity index (χ3n) is 4.03. The zero-order chi connectivity index (χ0) is 14.7. The molecular weight excluding hydrogens is 256 g/mol. The van der Waals surface area contributed by atoms with Crippen molar-refractivity contribution in [2.45, 2.75) is 38.7 Å². The topological polar surface area (TPSA) is 95.6 Å². The fourth-order valence-electron chi connectivity index (χ4n) is 2.69. The summed E-state index contributed by atoms with van der Waals surface area (Å²) in [6.45, 7) is 2.61. The molecule has 0 amide bonds. The largest absolute Gasteiger partial charge is 0.478 e. The van der Waals surface area contributed by atoms with Gasteiger partial charge in [-0.3, -0.25) is 0 Å². The summed E-state index contributed by atoms with van der Waals surface area (Å²) in [6.07, 6.45) is 3.58. The number of nitrogens with two attached hydrogens (primary N) is 1. The molecule has 0 saturated heterocycles. The van der Waals surface area contributed by atoms with Crippen LogP contribution in [0.1, 0.15) is 41.6 Å². The highest BCUT2D eigenvalue weighted by atomic mass is 16.4. The van der Waals surface area contributed by atoms with Gasteiger partial charge in [0.05, 0.1) is 11.7 Å². The van der Waals surface area contributed by atoms with E-state index < -0.39 is 5.97 Å². The first kappa shape index (κ1) is 14.7. The minimum Gasteiger partial charge on any atom is -0.478 e. The summed E-state index contributed by atoms with van der Waals surface area (Å²) in [4.78, 5) is 11.1. The first-order valence-electron chi connectivity index (χ1n) is 7.02. The Labute approximate surface area is 118 Å². The van der Waals surface area contributed by atoms with Gasteiger partial charge in [0.1, 0.15) is 0 Å². The summed E-state index contributed by atoms with van der Waals surface area (Å²) >= 11 is 0. The molecule has 0 bridgehead atoms. The average Bonchev–Trinajstić information content (AvgIpc) is 2.41. The summed E-state index contributed by atoms with van der Waals surface area (Å²) in [5.41, 5.74) is 7.80. The number of carbonyl (C=O) groups is 1. The molecule has 5 heteroatoms. The van der Waals surface area contributed by atoms with Gasteiger partial charge in [-0.05, 0) is 56.2 Å². The van der Waals surface area contributed by atoms with Crippen molar-refractivity contribution >= 4 is 17.3 Å². The Kier molecular flexibility index (Phi) is 4.49. The van der Waals surface area contributed by atoms with E-state index in [-0.39, 0.29) is 11.7 Å². The van der Waals surface area contributed by atoms with Crippen LogP contribution < -0.4 is 11.1 Å². The van der Waals surface area contributed by atoms with Crippen LogP contribution in [-0.4, -0.2) is 28.8 Å². The smallest absolute Gasteiger partial charge is 0.337 e. The molecule has 1 aromatic rings. The van der Waals surface area contributed by atoms with Gasteiger partial charge in [-0.2, -0.15) is 0 Å². The zero-order valence-corrected chi connectivity index (χ0v) is 11.7. The number of aryl methyl sites for hydroxylation is 1. The Bertz CT molecular complexity index is 494. The maximum atomic E-state index is 11.1. The van der Waals surface area contributed by atoms with Crippen molar-refractivity contribution in [3.63, 3.8) is 0 Å². The van der Waals surface area contributed by atoms with Crippen molar-refractivity contribution in [2.24, 2.45) is 5.92 Å². The number of carboxylic acids is 1. The lowest BCUT2D eigenvalue weighted by atomic mass is 9.87. The first-order valence-corrected chi connectivity index (χ1v) is 7.02. The molecule has 0 spiro atoms. The number of aromatic carboxylic acids is 1. The molecule has 1 aliphatic rings.